The summed E-state index contributed by atoms with van der Waals surface area (Å²) >= 11 is 1.64. The molecule has 1 heterocycles. The normalized spacial score (nSPS) is 17.3. The second-order valence-corrected chi connectivity index (χ2v) is 6.25. The standard InChI is InChI=1S/C11H12O2S2/c1-8-3-4-11-10(5-8)9(6-14-2)7-15(11,12)13/h3-5,7H,6H2,1-2H3. The minimum atomic E-state index is -3.17. The van der Waals surface area contributed by atoms with E-state index in [1.54, 1.807) is 17.8 Å². The van der Waals surface area contributed by atoms with Crippen molar-refractivity contribution in [2.75, 3.05) is 12.0 Å². The Kier molecular flexibility index (Phi) is 2.64. The lowest BCUT2D eigenvalue weighted by Gasteiger charge is -2.03. The second-order valence-electron chi connectivity index (χ2n) is 3.62. The third-order valence-electron chi connectivity index (χ3n) is 2.38. The average Bonchev–Trinajstić information content (AvgIpc) is 2.39. The van der Waals surface area contributed by atoms with Crippen molar-refractivity contribution in [3.05, 3.63) is 34.7 Å². The van der Waals surface area contributed by atoms with Crippen LogP contribution in [0.2, 0.25) is 0 Å². The summed E-state index contributed by atoms with van der Waals surface area (Å²) in [7, 11) is -3.17. The SMILES string of the molecule is CSCC1=CS(=O)(=O)c2ccc(C)cc21. The number of benzene rings is 1. The van der Waals surface area contributed by atoms with Crippen LogP contribution in [0.4, 0.5) is 0 Å². The number of hydrogen-bond donors (Lipinski definition) is 0. The molecule has 1 aromatic rings. The van der Waals surface area contributed by atoms with Crippen molar-refractivity contribution in [3.8, 4) is 0 Å². The minimum absolute atomic E-state index is 0.456. The fourth-order valence-corrected chi connectivity index (χ4v) is 3.85. The third kappa shape index (κ3) is 1.84. The Balaban J connectivity index is 2.63. The monoisotopic (exact) mass is 240 g/mol. The summed E-state index contributed by atoms with van der Waals surface area (Å²) in [6.07, 6.45) is 1.97. The Morgan fingerprint density at radius 3 is 2.73 bits per heavy atom. The van der Waals surface area contributed by atoms with Crippen LogP contribution < -0.4 is 0 Å². The molecule has 1 aliphatic heterocycles. The molecule has 4 heteroatoms. The van der Waals surface area contributed by atoms with E-state index in [0.29, 0.717) is 4.90 Å². The molecule has 0 fully saturated rings. The summed E-state index contributed by atoms with van der Waals surface area (Å²) in [5.41, 5.74) is 2.89. The lowest BCUT2D eigenvalue weighted by Crippen LogP contribution is -1.93. The second kappa shape index (κ2) is 3.68. The Morgan fingerprint density at radius 1 is 1.33 bits per heavy atom. The highest BCUT2D eigenvalue weighted by Crippen LogP contribution is 2.35. The highest BCUT2D eigenvalue weighted by Gasteiger charge is 2.26. The first-order valence-electron chi connectivity index (χ1n) is 4.60. The molecule has 0 spiro atoms. The van der Waals surface area contributed by atoms with Crippen LogP contribution in [-0.4, -0.2) is 20.4 Å². The van der Waals surface area contributed by atoms with Gasteiger partial charge in [0.1, 0.15) is 0 Å². The van der Waals surface area contributed by atoms with Gasteiger partial charge in [0.05, 0.1) is 4.90 Å². The summed E-state index contributed by atoms with van der Waals surface area (Å²) < 4.78 is 23.5. The van der Waals surface area contributed by atoms with Crippen molar-refractivity contribution < 1.29 is 8.42 Å². The van der Waals surface area contributed by atoms with Gasteiger partial charge < -0.3 is 0 Å². The van der Waals surface area contributed by atoms with E-state index < -0.39 is 9.84 Å². The predicted octanol–water partition coefficient (Wildman–Crippen LogP) is 2.49. The van der Waals surface area contributed by atoms with E-state index >= 15 is 0 Å². The molecular formula is C11H12O2S2. The molecule has 15 heavy (non-hydrogen) atoms. The zero-order valence-corrected chi connectivity index (χ0v) is 10.3. The smallest absolute Gasteiger partial charge is 0.200 e. The van der Waals surface area contributed by atoms with Crippen molar-refractivity contribution >= 4 is 27.2 Å². The summed E-state index contributed by atoms with van der Waals surface area (Å²) in [6.45, 7) is 1.97. The maximum atomic E-state index is 11.8. The first-order chi connectivity index (χ1) is 7.04. The number of thioether (sulfide) groups is 1. The lowest BCUT2D eigenvalue weighted by atomic mass is 10.1. The van der Waals surface area contributed by atoms with E-state index in [-0.39, 0.29) is 0 Å². The number of sulfone groups is 1. The molecule has 1 aliphatic rings. The molecule has 0 saturated heterocycles. The molecule has 0 unspecified atom stereocenters. The van der Waals surface area contributed by atoms with Gasteiger partial charge in [-0.2, -0.15) is 11.8 Å². The third-order valence-corrected chi connectivity index (χ3v) is 4.55. The maximum Gasteiger partial charge on any atom is 0.200 e. The van der Waals surface area contributed by atoms with Crippen LogP contribution in [-0.2, 0) is 9.84 Å². The summed E-state index contributed by atoms with van der Waals surface area (Å²) in [5, 5.41) is 1.40. The van der Waals surface area contributed by atoms with Crippen LogP contribution in [0.3, 0.4) is 0 Å². The first kappa shape index (κ1) is 10.8. The van der Waals surface area contributed by atoms with E-state index in [1.165, 1.54) is 5.41 Å². The van der Waals surface area contributed by atoms with E-state index in [2.05, 4.69) is 0 Å². The van der Waals surface area contributed by atoms with Crippen LogP contribution >= 0.6 is 11.8 Å². The fraction of sp³-hybridized carbons (Fsp3) is 0.273. The van der Waals surface area contributed by atoms with E-state index in [9.17, 15) is 8.42 Å². The van der Waals surface area contributed by atoms with Crippen LogP contribution in [0, 0.1) is 6.92 Å². The Morgan fingerprint density at radius 2 is 2.07 bits per heavy atom. The highest BCUT2D eigenvalue weighted by atomic mass is 32.2. The minimum Gasteiger partial charge on any atom is -0.219 e. The fourth-order valence-electron chi connectivity index (χ4n) is 1.72. The van der Waals surface area contributed by atoms with Gasteiger partial charge in [0.15, 0.2) is 0 Å². The summed E-state index contributed by atoms with van der Waals surface area (Å²) in [4.78, 5) is 0.456. The van der Waals surface area contributed by atoms with Crippen molar-refractivity contribution in [2.45, 2.75) is 11.8 Å². The molecule has 0 radical (unpaired) electrons. The molecular weight excluding hydrogens is 228 g/mol. The van der Waals surface area contributed by atoms with Crippen molar-refractivity contribution in [1.29, 1.82) is 0 Å². The van der Waals surface area contributed by atoms with Crippen LogP contribution in [0.15, 0.2) is 28.5 Å². The lowest BCUT2D eigenvalue weighted by molar-refractivity contribution is 0.605. The van der Waals surface area contributed by atoms with Gasteiger partial charge in [0.25, 0.3) is 0 Å². The first-order valence-corrected chi connectivity index (χ1v) is 7.54. The van der Waals surface area contributed by atoms with Gasteiger partial charge in [0, 0.05) is 11.2 Å². The van der Waals surface area contributed by atoms with Gasteiger partial charge in [-0.25, -0.2) is 8.42 Å². The van der Waals surface area contributed by atoms with Crippen LogP contribution in [0.25, 0.3) is 5.57 Å². The molecule has 0 aliphatic carbocycles. The van der Waals surface area contributed by atoms with Gasteiger partial charge in [-0.15, -0.1) is 0 Å². The van der Waals surface area contributed by atoms with Crippen molar-refractivity contribution in [1.82, 2.24) is 0 Å². The Labute approximate surface area is 94.3 Å². The van der Waals surface area contributed by atoms with E-state index in [0.717, 1.165) is 22.5 Å². The molecule has 1 aromatic carbocycles. The molecule has 0 bridgehead atoms. The van der Waals surface area contributed by atoms with E-state index in [1.807, 2.05) is 25.3 Å². The molecule has 0 aromatic heterocycles. The Bertz CT molecular complexity index is 528. The maximum absolute atomic E-state index is 11.8. The largest absolute Gasteiger partial charge is 0.219 e. The van der Waals surface area contributed by atoms with Crippen molar-refractivity contribution in [2.24, 2.45) is 0 Å². The molecule has 80 valence electrons. The van der Waals surface area contributed by atoms with Gasteiger partial charge in [-0.1, -0.05) is 17.7 Å². The number of aryl methyl sites for hydroxylation is 1. The number of hydrogen-bond acceptors (Lipinski definition) is 3. The average molecular weight is 240 g/mol. The highest BCUT2D eigenvalue weighted by molar-refractivity contribution is 7.99. The molecule has 0 atom stereocenters. The predicted molar refractivity (Wildman–Crippen MR) is 64.7 cm³/mol. The van der Waals surface area contributed by atoms with Gasteiger partial charge in [-0.05, 0) is 30.4 Å². The zero-order valence-electron chi connectivity index (χ0n) is 8.65. The summed E-state index contributed by atoms with van der Waals surface area (Å²) in [5.74, 6) is 0.746. The molecule has 2 nitrogen and oxygen atoms in total. The molecule has 0 N–H and O–H groups in total. The number of fused-ring (bicyclic) bond motifs is 1. The molecule has 2 rings (SSSR count). The van der Waals surface area contributed by atoms with Crippen molar-refractivity contribution in [3.63, 3.8) is 0 Å². The van der Waals surface area contributed by atoms with Crippen LogP contribution in [0.1, 0.15) is 11.1 Å². The topological polar surface area (TPSA) is 34.1 Å². The van der Waals surface area contributed by atoms with Gasteiger partial charge >= 0.3 is 0 Å². The molecule has 0 amide bonds. The zero-order chi connectivity index (χ0) is 11.1. The number of rotatable bonds is 2. The summed E-state index contributed by atoms with van der Waals surface area (Å²) in [6, 6.07) is 5.48. The van der Waals surface area contributed by atoms with Crippen LogP contribution in [0.5, 0.6) is 0 Å². The van der Waals surface area contributed by atoms with E-state index in [4.69, 9.17) is 0 Å². The van der Waals surface area contributed by atoms with Gasteiger partial charge in [-0.3, -0.25) is 0 Å². The molecule has 0 saturated carbocycles. The van der Waals surface area contributed by atoms with Gasteiger partial charge in [0.2, 0.25) is 9.84 Å². The Hall–Kier alpha value is -0.740. The quantitative estimate of drug-likeness (QED) is 0.796.